The Hall–Kier alpha value is -3.64. The van der Waals surface area contributed by atoms with Crippen molar-refractivity contribution < 1.29 is 13.9 Å². The van der Waals surface area contributed by atoms with Gasteiger partial charge < -0.3 is 19.0 Å². The van der Waals surface area contributed by atoms with Crippen LogP contribution in [0.15, 0.2) is 69.9 Å². The van der Waals surface area contributed by atoms with Gasteiger partial charge in [0, 0.05) is 18.5 Å². The highest BCUT2D eigenvalue weighted by atomic mass is 16.5. The Labute approximate surface area is 211 Å². The molecular weight excluding hydrogens is 452 g/mol. The third-order valence-corrected chi connectivity index (χ3v) is 7.06. The molecule has 6 heteroatoms. The van der Waals surface area contributed by atoms with Gasteiger partial charge in [0.2, 0.25) is 5.76 Å². The van der Waals surface area contributed by atoms with Crippen molar-refractivity contribution in [2.45, 2.75) is 33.2 Å². The Bertz CT molecular complexity index is 1470. The molecule has 0 saturated carbocycles. The van der Waals surface area contributed by atoms with Crippen molar-refractivity contribution in [3.05, 3.63) is 87.8 Å². The predicted molar refractivity (Wildman–Crippen MR) is 143 cm³/mol. The topological polar surface area (TPSA) is 63.0 Å². The third-order valence-electron chi connectivity index (χ3n) is 7.06. The number of hydrogen-bond donors (Lipinski definition) is 0. The molecule has 0 N–H and O–H groups in total. The minimum atomic E-state index is -0.527. The number of likely N-dealkylation sites (N-methyl/N-ethyl adjacent to an activating group) is 1. The van der Waals surface area contributed by atoms with Gasteiger partial charge in [-0.05, 0) is 48.7 Å². The summed E-state index contributed by atoms with van der Waals surface area (Å²) >= 11 is 0. The summed E-state index contributed by atoms with van der Waals surface area (Å²) in [5.74, 6) is 0.636. The highest BCUT2D eigenvalue weighted by Crippen LogP contribution is 2.39. The van der Waals surface area contributed by atoms with Crippen molar-refractivity contribution in [3.8, 4) is 5.75 Å². The zero-order valence-corrected chi connectivity index (χ0v) is 21.1. The first-order valence-corrected chi connectivity index (χ1v) is 12.8. The van der Waals surface area contributed by atoms with Crippen LogP contribution in [0.3, 0.4) is 0 Å². The lowest BCUT2D eigenvalue weighted by atomic mass is 9.97. The van der Waals surface area contributed by atoms with E-state index in [0.717, 1.165) is 41.6 Å². The Morgan fingerprint density at radius 3 is 2.53 bits per heavy atom. The van der Waals surface area contributed by atoms with Gasteiger partial charge in [0.25, 0.3) is 5.91 Å². The van der Waals surface area contributed by atoms with Gasteiger partial charge in [-0.1, -0.05) is 63.2 Å². The largest absolute Gasteiger partial charge is 0.494 e. The molecule has 4 aromatic rings. The lowest BCUT2D eigenvalue weighted by Crippen LogP contribution is -2.37. The van der Waals surface area contributed by atoms with Gasteiger partial charge in [-0.15, -0.1) is 0 Å². The van der Waals surface area contributed by atoms with Crippen LogP contribution in [0.2, 0.25) is 0 Å². The predicted octanol–water partition coefficient (Wildman–Crippen LogP) is 5.62. The zero-order valence-electron chi connectivity index (χ0n) is 21.1. The molecule has 2 heterocycles. The highest BCUT2D eigenvalue weighted by molar-refractivity contribution is 6.06. The second-order valence-electron chi connectivity index (χ2n) is 9.19. The molecule has 1 aliphatic heterocycles. The summed E-state index contributed by atoms with van der Waals surface area (Å²) in [5, 5.41) is 2.29. The minimum absolute atomic E-state index is 0.147. The standard InChI is InChI=1S/C30H32N2O4/c1-4-18-35-22-12-9-11-21(19-22)26-25-27(33)24-15-14-20-10-7-8-13-23(20)28(24)36-29(25)30(34)32(26)17-16-31(5-2)6-3/h7-15,19,26H,4-6,16-18H2,1-3H3. The number of nitrogens with zero attached hydrogens (tertiary/aromatic N) is 2. The second kappa shape index (κ2) is 10.2. The monoisotopic (exact) mass is 484 g/mol. The van der Waals surface area contributed by atoms with Crippen molar-refractivity contribution >= 4 is 27.6 Å². The first-order valence-electron chi connectivity index (χ1n) is 12.8. The van der Waals surface area contributed by atoms with Crippen LogP contribution in [0.25, 0.3) is 21.7 Å². The average Bonchev–Trinajstić information content (AvgIpc) is 3.20. The second-order valence-corrected chi connectivity index (χ2v) is 9.19. The van der Waals surface area contributed by atoms with Gasteiger partial charge in [0.15, 0.2) is 5.43 Å². The maximum absolute atomic E-state index is 14.0. The van der Waals surface area contributed by atoms with E-state index in [9.17, 15) is 9.59 Å². The first-order chi connectivity index (χ1) is 17.6. The van der Waals surface area contributed by atoms with Crippen molar-refractivity contribution in [1.82, 2.24) is 9.80 Å². The molecule has 1 amide bonds. The van der Waals surface area contributed by atoms with E-state index >= 15 is 0 Å². The van der Waals surface area contributed by atoms with Gasteiger partial charge in [0.05, 0.1) is 23.6 Å². The molecule has 1 unspecified atom stereocenters. The van der Waals surface area contributed by atoms with Crippen LogP contribution in [0.1, 0.15) is 54.9 Å². The van der Waals surface area contributed by atoms with Crippen molar-refractivity contribution in [2.24, 2.45) is 0 Å². The molecule has 0 radical (unpaired) electrons. The molecule has 0 aliphatic carbocycles. The first kappa shape index (κ1) is 24.1. The summed E-state index contributed by atoms with van der Waals surface area (Å²) in [5.41, 5.74) is 1.58. The van der Waals surface area contributed by atoms with Crippen molar-refractivity contribution in [3.63, 3.8) is 0 Å². The van der Waals surface area contributed by atoms with E-state index in [2.05, 4.69) is 25.7 Å². The van der Waals surface area contributed by atoms with Crippen LogP contribution in [0.5, 0.6) is 5.75 Å². The number of fused-ring (bicyclic) bond motifs is 4. The maximum Gasteiger partial charge on any atom is 0.290 e. The van der Waals surface area contributed by atoms with Gasteiger partial charge in [-0.25, -0.2) is 0 Å². The third kappa shape index (κ3) is 4.16. The Balaban J connectivity index is 1.68. The van der Waals surface area contributed by atoms with Crippen LogP contribution in [0.4, 0.5) is 0 Å². The number of carbonyl (C=O) groups excluding carboxylic acids is 1. The summed E-state index contributed by atoms with van der Waals surface area (Å²) in [7, 11) is 0. The summed E-state index contributed by atoms with van der Waals surface area (Å²) in [6.45, 7) is 9.88. The van der Waals surface area contributed by atoms with Crippen molar-refractivity contribution in [1.29, 1.82) is 0 Å². The number of rotatable bonds is 9. The number of amides is 1. The maximum atomic E-state index is 14.0. The summed E-state index contributed by atoms with van der Waals surface area (Å²) in [6.07, 6.45) is 0.897. The van der Waals surface area contributed by atoms with Crippen LogP contribution in [-0.4, -0.2) is 48.5 Å². The number of hydrogen-bond acceptors (Lipinski definition) is 5. The Morgan fingerprint density at radius 1 is 0.944 bits per heavy atom. The number of carbonyl (C=O) groups is 1. The van der Waals surface area contributed by atoms with E-state index in [-0.39, 0.29) is 17.1 Å². The Kier molecular flexibility index (Phi) is 6.79. The van der Waals surface area contributed by atoms with E-state index in [1.54, 1.807) is 4.90 Å². The molecule has 0 saturated heterocycles. The fourth-order valence-corrected chi connectivity index (χ4v) is 5.11. The van der Waals surface area contributed by atoms with Crippen LogP contribution in [0, 0.1) is 0 Å². The van der Waals surface area contributed by atoms with Gasteiger partial charge in [0.1, 0.15) is 11.3 Å². The van der Waals surface area contributed by atoms with E-state index < -0.39 is 6.04 Å². The van der Waals surface area contributed by atoms with Crippen LogP contribution >= 0.6 is 0 Å². The summed E-state index contributed by atoms with van der Waals surface area (Å²) in [6, 6.07) is 18.7. The fourth-order valence-electron chi connectivity index (χ4n) is 5.11. The molecule has 186 valence electrons. The van der Waals surface area contributed by atoms with Gasteiger partial charge in [-0.3, -0.25) is 9.59 Å². The smallest absolute Gasteiger partial charge is 0.290 e. The molecule has 6 nitrogen and oxygen atoms in total. The molecule has 1 aromatic heterocycles. The lowest BCUT2D eigenvalue weighted by Gasteiger charge is -2.28. The quantitative estimate of drug-likeness (QED) is 0.289. The van der Waals surface area contributed by atoms with E-state index in [1.807, 2.05) is 60.7 Å². The van der Waals surface area contributed by atoms with Crippen LogP contribution < -0.4 is 10.2 Å². The van der Waals surface area contributed by atoms with Crippen molar-refractivity contribution in [2.75, 3.05) is 32.8 Å². The molecule has 0 fully saturated rings. The minimum Gasteiger partial charge on any atom is -0.494 e. The molecule has 1 aliphatic rings. The molecular formula is C30H32N2O4. The molecule has 1 atom stereocenters. The van der Waals surface area contributed by atoms with E-state index in [0.29, 0.717) is 36.2 Å². The molecule has 0 bridgehead atoms. The highest BCUT2D eigenvalue weighted by Gasteiger charge is 2.42. The summed E-state index contributed by atoms with van der Waals surface area (Å²) < 4.78 is 12.2. The molecule has 5 rings (SSSR count). The fraction of sp³-hybridized carbons (Fsp3) is 0.333. The molecule has 36 heavy (non-hydrogen) atoms. The van der Waals surface area contributed by atoms with Gasteiger partial charge in [-0.2, -0.15) is 0 Å². The van der Waals surface area contributed by atoms with Crippen LogP contribution in [-0.2, 0) is 0 Å². The number of benzene rings is 3. The zero-order chi connectivity index (χ0) is 25.2. The van der Waals surface area contributed by atoms with E-state index in [4.69, 9.17) is 9.15 Å². The molecule has 0 spiro atoms. The molecule has 3 aromatic carbocycles. The lowest BCUT2D eigenvalue weighted by molar-refractivity contribution is 0.0708. The SMILES string of the molecule is CCCOc1cccc(C2c3c(oc4c(ccc5ccccc54)c3=O)C(=O)N2CCN(CC)CC)c1. The average molecular weight is 485 g/mol. The number of ether oxygens (including phenoxy) is 1. The Morgan fingerprint density at radius 2 is 1.75 bits per heavy atom. The summed E-state index contributed by atoms with van der Waals surface area (Å²) in [4.78, 5) is 31.8. The normalized spacial score (nSPS) is 15.3. The van der Waals surface area contributed by atoms with Gasteiger partial charge >= 0.3 is 0 Å². The van der Waals surface area contributed by atoms with E-state index in [1.165, 1.54) is 0 Å².